The van der Waals surface area contributed by atoms with Gasteiger partial charge in [-0.05, 0) is 84.4 Å². The van der Waals surface area contributed by atoms with Crippen LogP contribution in [0.1, 0.15) is 22.7 Å². The Kier molecular flexibility index (Phi) is 13.2. The number of nitrogens with zero attached hydrogens (tertiary/aromatic N) is 6. The molecule has 0 atom stereocenters. The molecule has 16 heteroatoms. The molecule has 5 rings (SSSR count). The lowest BCUT2D eigenvalue weighted by molar-refractivity contribution is -0.144. The number of thioether (sulfide) groups is 1. The van der Waals surface area contributed by atoms with Crippen LogP contribution in [0.3, 0.4) is 0 Å². The molecule has 0 saturated heterocycles. The Balaban J connectivity index is 1.49. The van der Waals surface area contributed by atoms with E-state index in [2.05, 4.69) is 15.4 Å². The molecule has 0 saturated carbocycles. The molecule has 0 aliphatic heterocycles. The number of nitriles is 1. The fourth-order valence-electron chi connectivity index (χ4n) is 5.63. The number of aromatic nitrogens is 3. The third kappa shape index (κ3) is 11.5. The number of carbonyl (C=O) groups is 4. The highest BCUT2D eigenvalue weighted by atomic mass is 32.2. The van der Waals surface area contributed by atoms with Gasteiger partial charge in [-0.3, -0.25) is 29.0 Å². The van der Waals surface area contributed by atoms with E-state index in [-0.39, 0.29) is 13.1 Å². The maximum Gasteiger partial charge on any atom is 0.317 e. The predicted octanol–water partition coefficient (Wildman–Crippen LogP) is 4.77. The minimum atomic E-state index is -1.18. The normalized spacial score (nSPS) is 11.1. The van der Waals surface area contributed by atoms with Crippen LogP contribution in [0, 0.1) is 10.7 Å². The second-order valence-corrected chi connectivity index (χ2v) is 13.0. The van der Waals surface area contributed by atoms with E-state index in [1.165, 1.54) is 9.80 Å². The van der Waals surface area contributed by atoms with Gasteiger partial charge in [0.1, 0.15) is 16.9 Å². The van der Waals surface area contributed by atoms with Gasteiger partial charge in [0.25, 0.3) is 0 Å². The topological polar surface area (TPSA) is 231 Å². The number of furan rings is 1. The summed E-state index contributed by atoms with van der Waals surface area (Å²) in [6.45, 7) is -2.09. The summed E-state index contributed by atoms with van der Waals surface area (Å²) in [6, 6.07) is 25.2. The first kappa shape index (κ1) is 38.8. The van der Waals surface area contributed by atoms with Gasteiger partial charge in [-0.1, -0.05) is 24.3 Å². The molecule has 0 aliphatic rings. The van der Waals surface area contributed by atoms with Crippen molar-refractivity contribution < 1.29 is 44.0 Å². The van der Waals surface area contributed by atoms with Crippen molar-refractivity contribution in [3.63, 3.8) is 0 Å². The Labute approximate surface area is 313 Å². The number of pyridine rings is 3. The number of rotatable bonds is 19. The number of thiocyanates is 1. The summed E-state index contributed by atoms with van der Waals surface area (Å²) in [5.74, 6) is -3.46. The lowest BCUT2D eigenvalue weighted by atomic mass is 10.1. The molecule has 0 unspecified atom stereocenters. The van der Waals surface area contributed by atoms with Crippen LogP contribution in [0.2, 0.25) is 0 Å². The fourth-order valence-corrected chi connectivity index (χ4v) is 6.00. The van der Waals surface area contributed by atoms with Crippen LogP contribution < -0.4 is 0 Å². The van der Waals surface area contributed by atoms with Crippen molar-refractivity contribution >= 4 is 35.6 Å². The van der Waals surface area contributed by atoms with Gasteiger partial charge in [0, 0.05) is 30.0 Å². The predicted molar refractivity (Wildman–Crippen MR) is 195 cm³/mol. The molecule has 0 amide bonds. The third-order valence-electron chi connectivity index (χ3n) is 7.86. The molecule has 276 valence electrons. The van der Waals surface area contributed by atoms with Gasteiger partial charge in [0.2, 0.25) is 0 Å². The van der Waals surface area contributed by atoms with E-state index < -0.39 is 50.1 Å². The molecule has 5 aromatic rings. The lowest BCUT2D eigenvalue weighted by Crippen LogP contribution is -2.34. The lowest BCUT2D eigenvalue weighted by Gasteiger charge is -2.18. The van der Waals surface area contributed by atoms with Crippen molar-refractivity contribution in [3.8, 4) is 39.5 Å². The van der Waals surface area contributed by atoms with Crippen LogP contribution >= 0.6 is 11.8 Å². The first-order chi connectivity index (χ1) is 25.9. The van der Waals surface area contributed by atoms with Crippen LogP contribution in [0.4, 0.5) is 0 Å². The van der Waals surface area contributed by atoms with Crippen molar-refractivity contribution in [2.24, 2.45) is 0 Å². The van der Waals surface area contributed by atoms with Crippen LogP contribution in [0.5, 0.6) is 0 Å². The summed E-state index contributed by atoms with van der Waals surface area (Å²) in [5, 5.41) is 48.2. The number of aliphatic carboxylic acids is 4. The SMILES string of the molecule is N#CSc1ccc(CCc2ccc(-c3cc(-c4cccc(CN(CC(=O)O)CC(=O)O)n4)nc(-c4cccc(CN(CC(=O)O)CC(=O)O)n4)c3)o2)cc1. The number of benzene rings is 1. The Morgan fingerprint density at radius 2 is 1.13 bits per heavy atom. The molecule has 0 aliphatic carbocycles. The number of hydrogen-bond donors (Lipinski definition) is 4. The number of carboxylic acids is 4. The van der Waals surface area contributed by atoms with Gasteiger partial charge < -0.3 is 24.8 Å². The van der Waals surface area contributed by atoms with Crippen LogP contribution in [-0.2, 0) is 45.1 Å². The van der Waals surface area contributed by atoms with Gasteiger partial charge in [-0.15, -0.1) is 0 Å². The summed E-state index contributed by atoms with van der Waals surface area (Å²) in [5.41, 5.74) is 4.19. The molecule has 1 aromatic carbocycles. The molecule has 0 radical (unpaired) electrons. The van der Waals surface area contributed by atoms with Gasteiger partial charge >= 0.3 is 23.9 Å². The van der Waals surface area contributed by atoms with Crippen LogP contribution in [0.15, 0.2) is 94.2 Å². The Morgan fingerprint density at radius 3 is 1.59 bits per heavy atom. The van der Waals surface area contributed by atoms with E-state index in [1.54, 1.807) is 48.5 Å². The molecule has 54 heavy (non-hydrogen) atoms. The zero-order valence-electron chi connectivity index (χ0n) is 28.7. The van der Waals surface area contributed by atoms with Crippen molar-refractivity contribution in [2.75, 3.05) is 26.2 Å². The highest BCUT2D eigenvalue weighted by Gasteiger charge is 2.19. The third-order valence-corrected chi connectivity index (χ3v) is 8.46. The maximum atomic E-state index is 11.4. The molecule has 0 bridgehead atoms. The van der Waals surface area contributed by atoms with Gasteiger partial charge in [-0.2, -0.15) is 5.26 Å². The number of aryl methyl sites for hydroxylation is 2. The number of hydrogen-bond acceptors (Lipinski definition) is 12. The van der Waals surface area contributed by atoms with E-state index in [1.807, 2.05) is 36.4 Å². The molecule has 0 spiro atoms. The minimum Gasteiger partial charge on any atom is -0.480 e. The summed E-state index contributed by atoms with van der Waals surface area (Å²) in [6.07, 6.45) is 1.31. The first-order valence-electron chi connectivity index (χ1n) is 16.4. The summed E-state index contributed by atoms with van der Waals surface area (Å²) < 4.78 is 6.28. The summed E-state index contributed by atoms with van der Waals surface area (Å²) in [7, 11) is 0. The van der Waals surface area contributed by atoms with Gasteiger partial charge in [-0.25, -0.2) is 15.0 Å². The van der Waals surface area contributed by atoms with Crippen LogP contribution in [-0.4, -0.2) is 95.2 Å². The smallest absolute Gasteiger partial charge is 0.317 e. The van der Waals surface area contributed by atoms with Crippen LogP contribution in [0.25, 0.3) is 34.1 Å². The summed E-state index contributed by atoms with van der Waals surface area (Å²) >= 11 is 1.10. The zero-order valence-corrected chi connectivity index (χ0v) is 29.5. The van der Waals surface area contributed by atoms with E-state index in [0.717, 1.165) is 28.0 Å². The summed E-state index contributed by atoms with van der Waals surface area (Å²) in [4.78, 5) is 63.1. The standard InChI is InChI=1S/C38H34N6O9S/c39-23-54-29-12-8-24(9-13-29)7-10-28-11-14-34(53-28)25-15-32(30-5-1-3-26(40-30)17-43(19-35(45)46)20-36(47)48)42-33(16-25)31-6-2-4-27(41-31)18-44(21-37(49)50)22-38(51)52/h1-6,8-9,11-16H,7,10,17-22H2,(H,45,46)(H,47,48)(H,49,50)(H,51,52). The Hall–Kier alpha value is -6.41. The van der Waals surface area contributed by atoms with Crippen molar-refractivity contribution in [1.82, 2.24) is 24.8 Å². The molecular weight excluding hydrogens is 717 g/mol. The van der Waals surface area contributed by atoms with E-state index >= 15 is 0 Å². The number of carboxylic acid groups (broad SMARTS) is 4. The van der Waals surface area contributed by atoms with Crippen molar-refractivity contribution in [2.45, 2.75) is 30.8 Å². The van der Waals surface area contributed by atoms with E-state index in [4.69, 9.17) is 14.7 Å². The largest absolute Gasteiger partial charge is 0.480 e. The van der Waals surface area contributed by atoms with Gasteiger partial charge in [0.05, 0.1) is 60.3 Å². The zero-order chi connectivity index (χ0) is 38.6. The molecule has 4 aromatic heterocycles. The van der Waals surface area contributed by atoms with E-state index in [0.29, 0.717) is 58.3 Å². The highest BCUT2D eigenvalue weighted by molar-refractivity contribution is 8.03. The molecule has 4 N–H and O–H groups in total. The molecule has 4 heterocycles. The minimum absolute atomic E-state index is 0.0484. The first-order valence-corrected chi connectivity index (χ1v) is 17.3. The highest BCUT2D eigenvalue weighted by Crippen LogP contribution is 2.31. The fraction of sp³-hybridized carbons (Fsp3) is 0.211. The average Bonchev–Trinajstić information content (AvgIpc) is 3.60. The Morgan fingerprint density at radius 1 is 0.630 bits per heavy atom. The Bertz CT molecular complexity index is 2050. The monoisotopic (exact) mass is 750 g/mol. The maximum absolute atomic E-state index is 11.4. The second kappa shape index (κ2) is 18.4. The average molecular weight is 751 g/mol. The molecule has 15 nitrogen and oxygen atoms in total. The second-order valence-electron chi connectivity index (χ2n) is 12.1. The molecule has 0 fully saturated rings. The van der Waals surface area contributed by atoms with Gasteiger partial charge in [0.15, 0.2) is 0 Å². The quantitative estimate of drug-likeness (QED) is 0.0658. The van der Waals surface area contributed by atoms with Crippen molar-refractivity contribution in [3.05, 3.63) is 108 Å². The van der Waals surface area contributed by atoms with E-state index in [9.17, 15) is 39.6 Å². The van der Waals surface area contributed by atoms with Crippen molar-refractivity contribution in [1.29, 1.82) is 5.26 Å². The molecular formula is C38H34N6O9S.